The number of benzene rings is 1. The van der Waals surface area contributed by atoms with Crippen LogP contribution in [0.3, 0.4) is 0 Å². The topological polar surface area (TPSA) is 43.2 Å². The summed E-state index contributed by atoms with van der Waals surface area (Å²) in [4.78, 5) is 9.00. The molecule has 1 aromatic carbocycles. The number of pyridine rings is 1. The third-order valence-electron chi connectivity index (χ3n) is 4.18. The minimum atomic E-state index is 0.707. The molecule has 0 unspecified atom stereocenters. The maximum absolute atomic E-state index is 9.12. The first-order valence-corrected chi connectivity index (χ1v) is 8.56. The highest BCUT2D eigenvalue weighted by atomic mass is 79.9. The van der Waals surface area contributed by atoms with Gasteiger partial charge in [0.1, 0.15) is 6.07 Å². The average Bonchev–Trinajstić information content (AvgIpc) is 2.59. The van der Waals surface area contributed by atoms with Gasteiger partial charge in [-0.15, -0.1) is 0 Å². The fraction of sp³-hybridized carbons (Fsp3) is 0.333. The van der Waals surface area contributed by atoms with Crippen molar-refractivity contribution >= 4 is 15.9 Å². The zero-order chi connectivity index (χ0) is 16.1. The molecule has 2 heterocycles. The molecule has 0 N–H and O–H groups in total. The molecular weight excluding hydrogens is 352 g/mol. The summed E-state index contributed by atoms with van der Waals surface area (Å²) >= 11 is 3.41. The number of rotatable bonds is 4. The molecule has 0 saturated carbocycles. The summed E-state index contributed by atoms with van der Waals surface area (Å²) in [5.74, 6) is 0. The van der Waals surface area contributed by atoms with E-state index in [0.717, 1.165) is 43.7 Å². The second-order valence-corrected chi connectivity index (χ2v) is 6.69. The van der Waals surface area contributed by atoms with Gasteiger partial charge in [-0.1, -0.05) is 6.07 Å². The molecule has 1 fully saturated rings. The molecule has 5 heteroatoms. The molecular formula is C18H19BrN4. The van der Waals surface area contributed by atoms with E-state index in [1.165, 1.54) is 11.1 Å². The predicted octanol–water partition coefficient (Wildman–Crippen LogP) is 3.03. The number of aromatic nitrogens is 1. The van der Waals surface area contributed by atoms with E-state index in [9.17, 15) is 0 Å². The summed E-state index contributed by atoms with van der Waals surface area (Å²) in [6, 6.07) is 12.4. The Balaban J connectivity index is 1.52. The molecule has 4 nitrogen and oxygen atoms in total. The van der Waals surface area contributed by atoms with Crippen LogP contribution in [-0.2, 0) is 13.1 Å². The summed E-state index contributed by atoms with van der Waals surface area (Å²) in [6.45, 7) is 6.16. The molecule has 0 bridgehead atoms. The van der Waals surface area contributed by atoms with Crippen LogP contribution in [0.2, 0.25) is 0 Å². The van der Waals surface area contributed by atoms with Gasteiger partial charge >= 0.3 is 0 Å². The monoisotopic (exact) mass is 370 g/mol. The van der Waals surface area contributed by atoms with Crippen LogP contribution in [0.1, 0.15) is 16.7 Å². The molecule has 0 spiro atoms. The van der Waals surface area contributed by atoms with Gasteiger partial charge in [0.05, 0.1) is 5.56 Å². The van der Waals surface area contributed by atoms with Gasteiger partial charge in [0, 0.05) is 56.1 Å². The molecule has 0 aliphatic carbocycles. The molecule has 1 aliphatic rings. The normalized spacial score (nSPS) is 16.2. The maximum Gasteiger partial charge on any atom is 0.100 e. The quantitative estimate of drug-likeness (QED) is 0.829. The van der Waals surface area contributed by atoms with Crippen LogP contribution >= 0.6 is 15.9 Å². The molecule has 0 amide bonds. The zero-order valence-corrected chi connectivity index (χ0v) is 14.5. The Morgan fingerprint density at radius 3 is 2.17 bits per heavy atom. The average molecular weight is 371 g/mol. The lowest BCUT2D eigenvalue weighted by Gasteiger charge is -2.34. The van der Waals surface area contributed by atoms with E-state index in [1.54, 1.807) is 0 Å². The van der Waals surface area contributed by atoms with E-state index >= 15 is 0 Å². The van der Waals surface area contributed by atoms with Crippen molar-refractivity contribution in [2.24, 2.45) is 0 Å². The summed E-state index contributed by atoms with van der Waals surface area (Å²) in [7, 11) is 0. The fourth-order valence-electron chi connectivity index (χ4n) is 2.87. The number of halogens is 1. The van der Waals surface area contributed by atoms with Crippen LogP contribution in [0.15, 0.2) is 47.2 Å². The number of nitrogens with zero attached hydrogens (tertiary/aromatic N) is 4. The van der Waals surface area contributed by atoms with Crippen molar-refractivity contribution in [1.29, 1.82) is 5.26 Å². The van der Waals surface area contributed by atoms with Gasteiger partial charge in [0.25, 0.3) is 0 Å². The lowest BCUT2D eigenvalue weighted by molar-refractivity contribution is 0.122. The zero-order valence-electron chi connectivity index (χ0n) is 13.0. The van der Waals surface area contributed by atoms with Gasteiger partial charge in [-0.25, -0.2) is 0 Å². The SMILES string of the molecule is N#Cc1cc(CN2CCN(Cc3ccncc3)CC2)ccc1Br. The molecule has 0 radical (unpaired) electrons. The molecule has 1 saturated heterocycles. The van der Waals surface area contributed by atoms with Crippen molar-refractivity contribution < 1.29 is 0 Å². The minimum absolute atomic E-state index is 0.707. The number of hydrogen-bond donors (Lipinski definition) is 0. The minimum Gasteiger partial charge on any atom is -0.297 e. The molecule has 1 aliphatic heterocycles. The highest BCUT2D eigenvalue weighted by Gasteiger charge is 2.17. The second kappa shape index (κ2) is 7.69. The van der Waals surface area contributed by atoms with Crippen molar-refractivity contribution in [3.05, 3.63) is 63.9 Å². The Morgan fingerprint density at radius 1 is 0.957 bits per heavy atom. The van der Waals surface area contributed by atoms with Crippen LogP contribution in [0.5, 0.6) is 0 Å². The van der Waals surface area contributed by atoms with Gasteiger partial charge in [-0.2, -0.15) is 5.26 Å². The molecule has 3 rings (SSSR count). The smallest absolute Gasteiger partial charge is 0.100 e. The first-order chi connectivity index (χ1) is 11.2. The molecule has 0 atom stereocenters. The van der Waals surface area contributed by atoms with E-state index in [4.69, 9.17) is 5.26 Å². The maximum atomic E-state index is 9.12. The van der Waals surface area contributed by atoms with Crippen LogP contribution in [0.4, 0.5) is 0 Å². The third-order valence-corrected chi connectivity index (χ3v) is 4.87. The van der Waals surface area contributed by atoms with Crippen LogP contribution in [0.25, 0.3) is 0 Å². The van der Waals surface area contributed by atoms with E-state index < -0.39 is 0 Å². The number of hydrogen-bond acceptors (Lipinski definition) is 4. The standard InChI is InChI=1S/C18H19BrN4/c19-18-2-1-16(11-17(18)12-20)14-23-9-7-22(8-10-23)13-15-3-5-21-6-4-15/h1-6,11H,7-10,13-14H2. The largest absolute Gasteiger partial charge is 0.297 e. The predicted molar refractivity (Wildman–Crippen MR) is 93.6 cm³/mol. The van der Waals surface area contributed by atoms with Crippen molar-refractivity contribution in [2.45, 2.75) is 13.1 Å². The van der Waals surface area contributed by atoms with Gasteiger partial charge in [-0.3, -0.25) is 14.8 Å². The van der Waals surface area contributed by atoms with E-state index in [2.05, 4.69) is 55.0 Å². The van der Waals surface area contributed by atoms with Crippen LogP contribution in [-0.4, -0.2) is 41.0 Å². The van der Waals surface area contributed by atoms with Crippen LogP contribution in [0, 0.1) is 11.3 Å². The molecule has 1 aromatic heterocycles. The first-order valence-electron chi connectivity index (χ1n) is 7.77. The van der Waals surface area contributed by atoms with E-state index in [-0.39, 0.29) is 0 Å². The van der Waals surface area contributed by atoms with Crippen molar-refractivity contribution in [3.63, 3.8) is 0 Å². The molecule has 23 heavy (non-hydrogen) atoms. The van der Waals surface area contributed by atoms with Crippen molar-refractivity contribution in [2.75, 3.05) is 26.2 Å². The third kappa shape index (κ3) is 4.38. The summed E-state index contributed by atoms with van der Waals surface area (Å²) in [5.41, 5.74) is 3.23. The van der Waals surface area contributed by atoms with E-state index in [1.807, 2.05) is 24.5 Å². The van der Waals surface area contributed by atoms with Gasteiger partial charge < -0.3 is 0 Å². The lowest BCUT2D eigenvalue weighted by atomic mass is 10.1. The fourth-order valence-corrected chi connectivity index (χ4v) is 3.20. The van der Waals surface area contributed by atoms with Gasteiger partial charge in [0.2, 0.25) is 0 Å². The van der Waals surface area contributed by atoms with Crippen molar-refractivity contribution in [1.82, 2.24) is 14.8 Å². The Labute approximate surface area is 145 Å². The summed E-state index contributed by atoms with van der Waals surface area (Å²) in [6.07, 6.45) is 3.71. The molecule has 2 aromatic rings. The number of piperazine rings is 1. The highest BCUT2D eigenvalue weighted by Crippen LogP contribution is 2.19. The number of nitriles is 1. The second-order valence-electron chi connectivity index (χ2n) is 5.83. The molecule has 118 valence electrons. The Morgan fingerprint density at radius 2 is 1.57 bits per heavy atom. The first kappa shape index (κ1) is 16.1. The summed E-state index contributed by atoms with van der Waals surface area (Å²) in [5, 5.41) is 9.12. The Bertz CT molecular complexity index is 688. The van der Waals surface area contributed by atoms with Gasteiger partial charge in [0.15, 0.2) is 0 Å². The lowest BCUT2D eigenvalue weighted by Crippen LogP contribution is -2.45. The highest BCUT2D eigenvalue weighted by molar-refractivity contribution is 9.10. The van der Waals surface area contributed by atoms with Crippen LogP contribution < -0.4 is 0 Å². The summed E-state index contributed by atoms with van der Waals surface area (Å²) < 4.78 is 0.867. The Hall–Kier alpha value is -1.74. The van der Waals surface area contributed by atoms with Gasteiger partial charge in [-0.05, 0) is 51.3 Å². The Kier molecular flexibility index (Phi) is 5.39. The van der Waals surface area contributed by atoms with Crippen molar-refractivity contribution in [3.8, 4) is 6.07 Å². The van der Waals surface area contributed by atoms with E-state index in [0.29, 0.717) is 5.56 Å².